The molecule has 0 atom stereocenters. The molecule has 3 nitrogen and oxygen atoms in total. The zero-order valence-electron chi connectivity index (χ0n) is 9.89. The highest BCUT2D eigenvalue weighted by molar-refractivity contribution is 5.89. The average Bonchev–Trinajstić information content (AvgIpc) is 2.26. The molecule has 1 fully saturated rings. The van der Waals surface area contributed by atoms with Crippen molar-refractivity contribution in [3.8, 4) is 0 Å². The van der Waals surface area contributed by atoms with Crippen LogP contribution < -0.4 is 0 Å². The summed E-state index contributed by atoms with van der Waals surface area (Å²) in [4.78, 5) is 11.0. The van der Waals surface area contributed by atoms with E-state index in [0.29, 0.717) is 12.2 Å². The maximum Gasteiger partial charge on any atom is 0.336 e. The molecule has 17 heavy (non-hydrogen) atoms. The van der Waals surface area contributed by atoms with Gasteiger partial charge in [0.25, 0.3) is 0 Å². The number of aromatic carboxylic acids is 1. The summed E-state index contributed by atoms with van der Waals surface area (Å²) < 4.78 is 5.55. The molecule has 1 N–H and O–H groups in total. The van der Waals surface area contributed by atoms with Crippen molar-refractivity contribution in [2.75, 3.05) is 6.61 Å². The minimum Gasteiger partial charge on any atom is -0.478 e. The normalized spacial score (nSPS) is 15.5. The molecule has 0 radical (unpaired) electrons. The van der Waals surface area contributed by atoms with Crippen LogP contribution in [0.5, 0.6) is 0 Å². The Hall–Kier alpha value is -1.35. The predicted octanol–water partition coefficient (Wildman–Crippen LogP) is 3.09. The monoisotopic (exact) mass is 234 g/mol. The van der Waals surface area contributed by atoms with E-state index in [1.165, 1.54) is 19.3 Å². The second-order valence-electron chi connectivity index (χ2n) is 4.60. The van der Waals surface area contributed by atoms with Gasteiger partial charge in [-0.2, -0.15) is 0 Å². The van der Waals surface area contributed by atoms with E-state index in [1.54, 1.807) is 12.1 Å². The zero-order valence-corrected chi connectivity index (χ0v) is 9.89. The van der Waals surface area contributed by atoms with Crippen molar-refractivity contribution in [2.45, 2.75) is 32.3 Å². The van der Waals surface area contributed by atoms with Crippen LogP contribution in [0.25, 0.3) is 0 Å². The Morgan fingerprint density at radius 3 is 2.76 bits per heavy atom. The summed E-state index contributed by atoms with van der Waals surface area (Å²) in [6.45, 7) is 1.13. The Labute approximate surface area is 101 Å². The molecule has 92 valence electrons. The van der Waals surface area contributed by atoms with E-state index in [4.69, 9.17) is 9.84 Å². The molecular formula is C14H18O3. The first kappa shape index (κ1) is 12.1. The SMILES string of the molecule is O=C(O)c1ccccc1COCCC1CCC1. The number of hydrogen-bond acceptors (Lipinski definition) is 2. The van der Waals surface area contributed by atoms with Gasteiger partial charge in [-0.3, -0.25) is 0 Å². The Balaban J connectivity index is 1.79. The average molecular weight is 234 g/mol. The lowest BCUT2D eigenvalue weighted by atomic mass is 9.83. The highest BCUT2D eigenvalue weighted by atomic mass is 16.5. The van der Waals surface area contributed by atoms with Crippen LogP contribution in [0, 0.1) is 5.92 Å². The van der Waals surface area contributed by atoms with Gasteiger partial charge in [-0.15, -0.1) is 0 Å². The number of hydrogen-bond donors (Lipinski definition) is 1. The summed E-state index contributed by atoms with van der Waals surface area (Å²) >= 11 is 0. The fourth-order valence-corrected chi connectivity index (χ4v) is 2.07. The number of rotatable bonds is 6. The first-order chi connectivity index (χ1) is 8.27. The molecule has 1 aromatic carbocycles. The summed E-state index contributed by atoms with van der Waals surface area (Å²) in [6, 6.07) is 7.01. The lowest BCUT2D eigenvalue weighted by Gasteiger charge is -2.24. The van der Waals surface area contributed by atoms with Crippen LogP contribution >= 0.6 is 0 Å². The van der Waals surface area contributed by atoms with E-state index in [1.807, 2.05) is 12.1 Å². The molecule has 0 aliphatic heterocycles. The molecule has 0 heterocycles. The zero-order chi connectivity index (χ0) is 12.1. The van der Waals surface area contributed by atoms with E-state index in [-0.39, 0.29) is 0 Å². The molecule has 0 aromatic heterocycles. The fourth-order valence-electron chi connectivity index (χ4n) is 2.07. The third-order valence-corrected chi connectivity index (χ3v) is 3.40. The molecular weight excluding hydrogens is 216 g/mol. The maximum absolute atomic E-state index is 11.0. The summed E-state index contributed by atoms with van der Waals surface area (Å²) in [5.74, 6) is -0.0482. The van der Waals surface area contributed by atoms with Gasteiger partial charge in [-0.1, -0.05) is 37.5 Å². The highest BCUT2D eigenvalue weighted by Gasteiger charge is 2.16. The van der Waals surface area contributed by atoms with Gasteiger partial charge in [0.1, 0.15) is 0 Å². The van der Waals surface area contributed by atoms with Gasteiger partial charge in [0.2, 0.25) is 0 Å². The summed E-state index contributed by atoms with van der Waals surface area (Å²) in [6.07, 6.45) is 5.12. The van der Waals surface area contributed by atoms with Gasteiger partial charge in [0.05, 0.1) is 12.2 Å². The molecule has 3 heteroatoms. The predicted molar refractivity (Wildman–Crippen MR) is 65.0 cm³/mol. The van der Waals surface area contributed by atoms with Crippen LogP contribution in [-0.2, 0) is 11.3 Å². The van der Waals surface area contributed by atoms with Crippen LogP contribution in [-0.4, -0.2) is 17.7 Å². The molecule has 0 saturated heterocycles. The number of carboxylic acids is 1. The summed E-state index contributed by atoms with van der Waals surface area (Å²) in [5.41, 5.74) is 1.10. The third-order valence-electron chi connectivity index (χ3n) is 3.40. The lowest BCUT2D eigenvalue weighted by molar-refractivity contribution is 0.0681. The van der Waals surface area contributed by atoms with Crippen molar-refractivity contribution >= 4 is 5.97 Å². The van der Waals surface area contributed by atoms with Gasteiger partial charge in [0, 0.05) is 6.61 Å². The van der Waals surface area contributed by atoms with Crippen LogP contribution in [0.4, 0.5) is 0 Å². The molecule has 0 spiro atoms. The van der Waals surface area contributed by atoms with Crippen LogP contribution in [0.15, 0.2) is 24.3 Å². The highest BCUT2D eigenvalue weighted by Crippen LogP contribution is 2.29. The Kier molecular flexibility index (Phi) is 4.15. The lowest BCUT2D eigenvalue weighted by Crippen LogP contribution is -2.13. The van der Waals surface area contributed by atoms with Crippen LogP contribution in [0.3, 0.4) is 0 Å². The van der Waals surface area contributed by atoms with E-state index >= 15 is 0 Å². The van der Waals surface area contributed by atoms with Crippen molar-refractivity contribution in [1.82, 2.24) is 0 Å². The summed E-state index contributed by atoms with van der Waals surface area (Å²) in [7, 11) is 0. The van der Waals surface area contributed by atoms with E-state index in [9.17, 15) is 4.79 Å². The molecule has 0 unspecified atom stereocenters. The van der Waals surface area contributed by atoms with Gasteiger partial charge >= 0.3 is 5.97 Å². The number of ether oxygens (including phenoxy) is 1. The standard InChI is InChI=1S/C14H18O3/c15-14(16)13-7-2-1-6-12(13)10-17-9-8-11-4-3-5-11/h1-2,6-7,11H,3-5,8-10H2,(H,15,16). The molecule has 1 saturated carbocycles. The molecule has 1 aliphatic carbocycles. The Morgan fingerprint density at radius 1 is 1.35 bits per heavy atom. The quantitative estimate of drug-likeness (QED) is 0.769. The number of benzene rings is 1. The van der Waals surface area contributed by atoms with Gasteiger partial charge in [-0.25, -0.2) is 4.79 Å². The largest absolute Gasteiger partial charge is 0.478 e. The van der Waals surface area contributed by atoms with Crippen molar-refractivity contribution in [3.63, 3.8) is 0 Å². The van der Waals surface area contributed by atoms with E-state index < -0.39 is 5.97 Å². The van der Waals surface area contributed by atoms with Crippen LogP contribution in [0.1, 0.15) is 41.6 Å². The fraction of sp³-hybridized carbons (Fsp3) is 0.500. The first-order valence-electron chi connectivity index (χ1n) is 6.16. The minimum absolute atomic E-state index is 0.344. The number of carbonyl (C=O) groups is 1. The molecule has 2 rings (SSSR count). The second kappa shape index (κ2) is 5.82. The maximum atomic E-state index is 11.0. The van der Waals surface area contributed by atoms with E-state index in [0.717, 1.165) is 24.5 Å². The first-order valence-corrected chi connectivity index (χ1v) is 6.16. The smallest absolute Gasteiger partial charge is 0.336 e. The molecule has 1 aliphatic rings. The Bertz CT molecular complexity index is 383. The Morgan fingerprint density at radius 2 is 2.12 bits per heavy atom. The van der Waals surface area contributed by atoms with Crippen molar-refractivity contribution in [1.29, 1.82) is 0 Å². The second-order valence-corrected chi connectivity index (χ2v) is 4.60. The van der Waals surface area contributed by atoms with Crippen molar-refractivity contribution < 1.29 is 14.6 Å². The number of carboxylic acid groups (broad SMARTS) is 1. The van der Waals surface area contributed by atoms with Gasteiger partial charge < -0.3 is 9.84 Å². The van der Waals surface area contributed by atoms with Gasteiger partial charge in [0.15, 0.2) is 0 Å². The molecule has 0 bridgehead atoms. The summed E-state index contributed by atoms with van der Waals surface area (Å²) in [5, 5.41) is 9.00. The minimum atomic E-state index is -0.886. The topological polar surface area (TPSA) is 46.5 Å². The van der Waals surface area contributed by atoms with Gasteiger partial charge in [-0.05, 0) is 24.0 Å². The third kappa shape index (κ3) is 3.30. The molecule has 0 amide bonds. The molecule has 1 aromatic rings. The van der Waals surface area contributed by atoms with E-state index in [2.05, 4.69) is 0 Å². The van der Waals surface area contributed by atoms with Crippen molar-refractivity contribution in [2.24, 2.45) is 5.92 Å². The van der Waals surface area contributed by atoms with Crippen LogP contribution in [0.2, 0.25) is 0 Å². The van der Waals surface area contributed by atoms with Crippen molar-refractivity contribution in [3.05, 3.63) is 35.4 Å².